The van der Waals surface area contributed by atoms with Crippen LogP contribution in [0, 0.1) is 0 Å². The van der Waals surface area contributed by atoms with Gasteiger partial charge < -0.3 is 21.3 Å². The topological polar surface area (TPSA) is 87.0 Å². The summed E-state index contributed by atoms with van der Waals surface area (Å²) in [5.74, 6) is 0.438. The Balaban J connectivity index is 1.51. The molecule has 7 nitrogen and oxygen atoms in total. The number of alkyl halides is 3. The summed E-state index contributed by atoms with van der Waals surface area (Å²) in [4.78, 5) is 15.0. The van der Waals surface area contributed by atoms with Crippen molar-refractivity contribution in [3.63, 3.8) is 0 Å². The predicted octanol–water partition coefficient (Wildman–Crippen LogP) is 4.07. The maximum Gasteiger partial charge on any atom is 0.417 e. The minimum absolute atomic E-state index is 0.0789. The molecule has 3 aliphatic rings. The second kappa shape index (κ2) is 9.31. The molecular weight excluding hydrogens is 455 g/mol. The van der Waals surface area contributed by atoms with Gasteiger partial charge in [0, 0.05) is 56.1 Å². The van der Waals surface area contributed by atoms with Gasteiger partial charge in [0.15, 0.2) is 11.8 Å². The summed E-state index contributed by atoms with van der Waals surface area (Å²) in [6, 6.07) is 8.27. The number of aliphatic imine (C=N–C) groups is 1. The maximum atomic E-state index is 14.2. The standard InChI is InChI=1S/C25H32F3N7/c1-33-22(29)17-10-11-19(31-23(17)32-24(33)30)21-18(25(26,27)28)8-5-9-20(21)35-14-12-34(13-15-35)16-6-3-2-4-7-16/h5,8-11,16,22H,2-4,6-7,12-15,29H2,1H3,(H2,30,31,32). The SMILES string of the molecule is CN1C(N)=Nc2nc(-c3c(N4CCN(C5CCCCC5)CC4)cccc3C(F)(F)F)ccc2C1N. The predicted molar refractivity (Wildman–Crippen MR) is 131 cm³/mol. The molecule has 5 rings (SSSR count). The van der Waals surface area contributed by atoms with Crippen molar-refractivity contribution >= 4 is 17.5 Å². The van der Waals surface area contributed by atoms with Gasteiger partial charge in [0.2, 0.25) is 0 Å². The normalized spacial score (nSPS) is 22.2. The van der Waals surface area contributed by atoms with E-state index in [0.717, 1.165) is 19.2 Å². The summed E-state index contributed by atoms with van der Waals surface area (Å²) < 4.78 is 42.5. The highest BCUT2D eigenvalue weighted by atomic mass is 19.4. The number of aromatic nitrogens is 1. The first-order chi connectivity index (χ1) is 16.7. The molecule has 1 saturated carbocycles. The molecule has 4 N–H and O–H groups in total. The lowest BCUT2D eigenvalue weighted by molar-refractivity contribution is -0.137. The summed E-state index contributed by atoms with van der Waals surface area (Å²) in [5, 5.41) is 0. The molecule has 2 aliphatic heterocycles. The van der Waals surface area contributed by atoms with E-state index >= 15 is 0 Å². The molecule has 1 unspecified atom stereocenters. The number of rotatable bonds is 3. The second-order valence-corrected chi connectivity index (χ2v) is 9.65. The van der Waals surface area contributed by atoms with Gasteiger partial charge in [0.1, 0.15) is 6.17 Å². The Labute approximate surface area is 203 Å². The Morgan fingerprint density at radius 2 is 1.69 bits per heavy atom. The van der Waals surface area contributed by atoms with E-state index in [-0.39, 0.29) is 23.0 Å². The molecule has 0 amide bonds. The van der Waals surface area contributed by atoms with Gasteiger partial charge in [-0.05, 0) is 37.1 Å². The number of piperazine rings is 1. The van der Waals surface area contributed by atoms with Crippen LogP contribution in [-0.4, -0.2) is 60.0 Å². The summed E-state index contributed by atoms with van der Waals surface area (Å²) >= 11 is 0. The van der Waals surface area contributed by atoms with Crippen LogP contribution in [0.15, 0.2) is 35.3 Å². The summed E-state index contributed by atoms with van der Waals surface area (Å²) in [7, 11) is 1.71. The second-order valence-electron chi connectivity index (χ2n) is 9.65. The van der Waals surface area contributed by atoms with Crippen LogP contribution >= 0.6 is 0 Å². The van der Waals surface area contributed by atoms with E-state index in [4.69, 9.17) is 11.5 Å². The molecule has 188 valence electrons. The Morgan fingerprint density at radius 1 is 0.971 bits per heavy atom. The van der Waals surface area contributed by atoms with E-state index in [9.17, 15) is 13.2 Å². The average molecular weight is 488 g/mol. The van der Waals surface area contributed by atoms with Crippen LogP contribution in [0.3, 0.4) is 0 Å². The Hall–Kier alpha value is -2.85. The molecule has 1 aliphatic carbocycles. The Bertz CT molecular complexity index is 1100. The molecule has 0 radical (unpaired) electrons. The molecule has 0 bridgehead atoms. The quantitative estimate of drug-likeness (QED) is 0.679. The van der Waals surface area contributed by atoms with Gasteiger partial charge in [0.05, 0.1) is 11.3 Å². The smallest absolute Gasteiger partial charge is 0.369 e. The van der Waals surface area contributed by atoms with Crippen LogP contribution in [0.4, 0.5) is 24.7 Å². The third kappa shape index (κ3) is 4.56. The van der Waals surface area contributed by atoms with E-state index in [1.807, 2.05) is 0 Å². The van der Waals surface area contributed by atoms with Gasteiger partial charge in [-0.25, -0.2) is 4.98 Å². The largest absolute Gasteiger partial charge is 0.417 e. The first-order valence-electron chi connectivity index (χ1n) is 12.3. The van der Waals surface area contributed by atoms with Crippen LogP contribution in [0.25, 0.3) is 11.3 Å². The van der Waals surface area contributed by atoms with Crippen molar-refractivity contribution in [2.75, 3.05) is 38.1 Å². The zero-order valence-corrected chi connectivity index (χ0v) is 19.9. The van der Waals surface area contributed by atoms with Gasteiger partial charge in [-0.3, -0.25) is 4.90 Å². The minimum Gasteiger partial charge on any atom is -0.369 e. The van der Waals surface area contributed by atoms with Crippen LogP contribution in [0.5, 0.6) is 0 Å². The number of nitrogens with two attached hydrogens (primary N) is 2. The van der Waals surface area contributed by atoms with Gasteiger partial charge in [-0.15, -0.1) is 0 Å². The fraction of sp³-hybridized carbons (Fsp3) is 0.520. The number of hydrogen-bond donors (Lipinski definition) is 2. The number of anilines is 1. The lowest BCUT2D eigenvalue weighted by Gasteiger charge is -2.42. The van der Waals surface area contributed by atoms with Gasteiger partial charge >= 0.3 is 6.18 Å². The van der Waals surface area contributed by atoms with E-state index in [2.05, 4.69) is 19.8 Å². The summed E-state index contributed by atoms with van der Waals surface area (Å²) in [5.41, 5.74) is 12.9. The van der Waals surface area contributed by atoms with Crippen molar-refractivity contribution in [2.24, 2.45) is 16.5 Å². The lowest BCUT2D eigenvalue weighted by atomic mass is 9.93. The van der Waals surface area contributed by atoms with Crippen LogP contribution < -0.4 is 16.4 Å². The first kappa shape index (κ1) is 23.9. The number of benzene rings is 1. The molecule has 1 atom stereocenters. The number of fused-ring (bicyclic) bond motifs is 1. The zero-order chi connectivity index (χ0) is 24.7. The Kier molecular flexibility index (Phi) is 6.35. The molecule has 3 heterocycles. The molecule has 2 fully saturated rings. The molecule has 1 saturated heterocycles. The number of nitrogens with zero attached hydrogens (tertiary/aromatic N) is 5. The molecular formula is C25H32F3N7. The maximum absolute atomic E-state index is 14.2. The van der Waals surface area contributed by atoms with Crippen molar-refractivity contribution < 1.29 is 13.2 Å². The number of guanidine groups is 1. The minimum atomic E-state index is -4.52. The molecule has 0 spiro atoms. The molecule has 1 aromatic heterocycles. The molecule has 2 aromatic rings. The monoisotopic (exact) mass is 487 g/mol. The van der Waals surface area contributed by atoms with Crippen LogP contribution in [0.2, 0.25) is 0 Å². The lowest BCUT2D eigenvalue weighted by Crippen LogP contribution is -2.51. The number of halogens is 3. The summed E-state index contributed by atoms with van der Waals surface area (Å²) in [6.07, 6.45) is 1.18. The van der Waals surface area contributed by atoms with E-state index in [0.29, 0.717) is 30.4 Å². The number of hydrogen-bond acceptors (Lipinski definition) is 7. The van der Waals surface area contributed by atoms with E-state index in [1.165, 1.54) is 38.2 Å². The van der Waals surface area contributed by atoms with Crippen LogP contribution in [-0.2, 0) is 6.18 Å². The van der Waals surface area contributed by atoms with Gasteiger partial charge in [-0.2, -0.15) is 18.2 Å². The highest BCUT2D eigenvalue weighted by molar-refractivity contribution is 5.85. The highest BCUT2D eigenvalue weighted by Gasteiger charge is 2.37. The molecule has 35 heavy (non-hydrogen) atoms. The van der Waals surface area contributed by atoms with Gasteiger partial charge in [0.25, 0.3) is 0 Å². The van der Waals surface area contributed by atoms with Crippen molar-refractivity contribution in [3.05, 3.63) is 41.5 Å². The Morgan fingerprint density at radius 3 is 2.37 bits per heavy atom. The number of pyridine rings is 1. The zero-order valence-electron chi connectivity index (χ0n) is 19.9. The van der Waals surface area contributed by atoms with Gasteiger partial charge in [-0.1, -0.05) is 25.3 Å². The molecule has 1 aromatic carbocycles. The average Bonchev–Trinajstić information content (AvgIpc) is 2.87. The molecule has 10 heteroatoms. The third-order valence-electron chi connectivity index (χ3n) is 7.57. The summed E-state index contributed by atoms with van der Waals surface area (Å²) in [6.45, 7) is 3.05. The highest BCUT2D eigenvalue weighted by Crippen LogP contribution is 2.43. The van der Waals surface area contributed by atoms with Crippen molar-refractivity contribution in [1.29, 1.82) is 0 Å². The fourth-order valence-corrected chi connectivity index (χ4v) is 5.54. The van der Waals surface area contributed by atoms with E-state index in [1.54, 1.807) is 30.1 Å². The van der Waals surface area contributed by atoms with Crippen LogP contribution in [0.1, 0.15) is 49.4 Å². The fourth-order valence-electron chi connectivity index (χ4n) is 5.54. The van der Waals surface area contributed by atoms with Crippen molar-refractivity contribution in [2.45, 2.75) is 50.5 Å². The van der Waals surface area contributed by atoms with Crippen molar-refractivity contribution in [1.82, 2.24) is 14.8 Å². The third-order valence-corrected chi connectivity index (χ3v) is 7.57. The van der Waals surface area contributed by atoms with Crippen molar-refractivity contribution in [3.8, 4) is 11.3 Å². The first-order valence-corrected chi connectivity index (χ1v) is 12.3. The van der Waals surface area contributed by atoms with E-state index < -0.39 is 17.9 Å².